The van der Waals surface area contributed by atoms with Crippen LogP contribution >= 0.6 is 0 Å². The average molecular weight is 249 g/mol. The summed E-state index contributed by atoms with van der Waals surface area (Å²) in [7, 11) is 0. The van der Waals surface area contributed by atoms with Gasteiger partial charge in [0.1, 0.15) is 0 Å². The number of rotatable bonds is 4. The molecule has 1 fully saturated rings. The SMILES string of the molecule is Cc1ccc([N+](=O)[O-])c(NCC2(C)CCCC2)n1. The zero-order valence-electron chi connectivity index (χ0n) is 10.9. The fourth-order valence-electron chi connectivity index (χ4n) is 2.53. The summed E-state index contributed by atoms with van der Waals surface area (Å²) in [6, 6.07) is 3.18. The maximum Gasteiger partial charge on any atom is 0.311 e. The number of aryl methyl sites for hydroxylation is 1. The normalized spacial score (nSPS) is 17.7. The molecule has 1 N–H and O–H groups in total. The molecule has 0 unspecified atom stereocenters. The Labute approximate surface area is 107 Å². The minimum Gasteiger partial charge on any atom is -0.364 e. The van der Waals surface area contributed by atoms with Crippen LogP contribution in [-0.2, 0) is 0 Å². The smallest absolute Gasteiger partial charge is 0.311 e. The number of hydrogen-bond donors (Lipinski definition) is 1. The Hall–Kier alpha value is -1.65. The van der Waals surface area contributed by atoms with Gasteiger partial charge in [-0.25, -0.2) is 4.98 Å². The number of pyridine rings is 1. The van der Waals surface area contributed by atoms with Crippen LogP contribution < -0.4 is 5.32 Å². The van der Waals surface area contributed by atoms with E-state index in [9.17, 15) is 10.1 Å². The van der Waals surface area contributed by atoms with Crippen LogP contribution in [0.5, 0.6) is 0 Å². The van der Waals surface area contributed by atoms with E-state index in [2.05, 4.69) is 17.2 Å². The summed E-state index contributed by atoms with van der Waals surface area (Å²) in [4.78, 5) is 14.8. The molecule has 1 saturated carbocycles. The zero-order valence-corrected chi connectivity index (χ0v) is 10.9. The van der Waals surface area contributed by atoms with Crippen molar-refractivity contribution in [2.24, 2.45) is 5.41 Å². The zero-order chi connectivity index (χ0) is 13.2. The third-order valence-electron chi connectivity index (χ3n) is 3.70. The molecule has 0 aliphatic heterocycles. The number of nitrogens with zero attached hydrogens (tertiary/aromatic N) is 2. The summed E-state index contributed by atoms with van der Waals surface area (Å²) < 4.78 is 0. The summed E-state index contributed by atoms with van der Waals surface area (Å²) in [6.07, 6.45) is 4.86. The van der Waals surface area contributed by atoms with Gasteiger partial charge in [-0.05, 0) is 31.2 Å². The number of nitro groups is 1. The molecule has 1 aromatic heterocycles. The van der Waals surface area contributed by atoms with E-state index in [1.54, 1.807) is 6.07 Å². The molecule has 1 heterocycles. The number of aromatic nitrogens is 1. The van der Waals surface area contributed by atoms with Crippen molar-refractivity contribution in [1.29, 1.82) is 0 Å². The van der Waals surface area contributed by atoms with Crippen LogP contribution in [0, 0.1) is 22.5 Å². The van der Waals surface area contributed by atoms with E-state index in [0.29, 0.717) is 5.82 Å². The maximum absolute atomic E-state index is 10.9. The summed E-state index contributed by atoms with van der Waals surface area (Å²) in [5.41, 5.74) is 1.10. The first-order valence-corrected chi connectivity index (χ1v) is 6.36. The van der Waals surface area contributed by atoms with Gasteiger partial charge in [-0.1, -0.05) is 19.8 Å². The molecule has 5 nitrogen and oxygen atoms in total. The van der Waals surface area contributed by atoms with Gasteiger partial charge in [0.05, 0.1) is 4.92 Å². The molecule has 2 rings (SSSR count). The van der Waals surface area contributed by atoms with E-state index in [4.69, 9.17) is 0 Å². The van der Waals surface area contributed by atoms with Crippen LogP contribution in [0.1, 0.15) is 38.3 Å². The molecule has 1 aromatic rings. The highest BCUT2D eigenvalue weighted by molar-refractivity contribution is 5.56. The Balaban J connectivity index is 2.12. The third kappa shape index (κ3) is 2.78. The second-order valence-corrected chi connectivity index (χ2v) is 5.45. The van der Waals surface area contributed by atoms with Crippen molar-refractivity contribution < 1.29 is 4.92 Å². The predicted molar refractivity (Wildman–Crippen MR) is 70.7 cm³/mol. The van der Waals surface area contributed by atoms with Crippen LogP contribution in [0.2, 0.25) is 0 Å². The van der Waals surface area contributed by atoms with Gasteiger partial charge >= 0.3 is 5.69 Å². The van der Waals surface area contributed by atoms with Crippen LogP contribution in [0.25, 0.3) is 0 Å². The molecule has 0 spiro atoms. The van der Waals surface area contributed by atoms with Gasteiger partial charge in [-0.15, -0.1) is 0 Å². The number of anilines is 1. The molecule has 1 aliphatic carbocycles. The molecule has 0 radical (unpaired) electrons. The second-order valence-electron chi connectivity index (χ2n) is 5.45. The summed E-state index contributed by atoms with van der Waals surface area (Å²) in [6.45, 7) is 4.82. The van der Waals surface area contributed by atoms with Gasteiger partial charge in [0, 0.05) is 18.3 Å². The molecule has 0 amide bonds. The molecule has 98 valence electrons. The van der Waals surface area contributed by atoms with Crippen LogP contribution in [-0.4, -0.2) is 16.5 Å². The van der Waals surface area contributed by atoms with E-state index in [1.807, 2.05) is 6.92 Å². The van der Waals surface area contributed by atoms with Crippen molar-refractivity contribution in [2.75, 3.05) is 11.9 Å². The molecule has 0 aromatic carbocycles. The lowest BCUT2D eigenvalue weighted by Crippen LogP contribution is -2.23. The predicted octanol–water partition coefficient (Wildman–Crippen LogP) is 3.29. The molecule has 0 atom stereocenters. The number of nitrogens with one attached hydrogen (secondary N) is 1. The summed E-state index contributed by atoms with van der Waals surface area (Å²) in [5, 5.41) is 14.1. The van der Waals surface area contributed by atoms with E-state index < -0.39 is 0 Å². The van der Waals surface area contributed by atoms with E-state index in [1.165, 1.54) is 31.7 Å². The Morgan fingerprint density at radius 3 is 2.72 bits per heavy atom. The molecular formula is C13H19N3O2. The summed E-state index contributed by atoms with van der Waals surface area (Å²) >= 11 is 0. The largest absolute Gasteiger partial charge is 0.364 e. The van der Waals surface area contributed by atoms with Crippen molar-refractivity contribution in [2.45, 2.75) is 39.5 Å². The fraction of sp³-hybridized carbons (Fsp3) is 0.615. The van der Waals surface area contributed by atoms with Gasteiger partial charge in [-0.3, -0.25) is 10.1 Å². The van der Waals surface area contributed by atoms with Crippen LogP contribution in [0.15, 0.2) is 12.1 Å². The minimum absolute atomic E-state index is 0.0576. The highest BCUT2D eigenvalue weighted by Crippen LogP contribution is 2.37. The lowest BCUT2D eigenvalue weighted by molar-refractivity contribution is -0.384. The van der Waals surface area contributed by atoms with E-state index >= 15 is 0 Å². The van der Waals surface area contributed by atoms with Gasteiger partial charge in [0.15, 0.2) is 0 Å². The quantitative estimate of drug-likeness (QED) is 0.656. The standard InChI is InChI=1S/C13H19N3O2/c1-10-5-6-11(16(17)18)12(15-10)14-9-13(2)7-3-4-8-13/h5-6H,3-4,7-9H2,1-2H3,(H,14,15). The molecule has 18 heavy (non-hydrogen) atoms. The van der Waals surface area contributed by atoms with Crippen molar-refractivity contribution in [3.63, 3.8) is 0 Å². The average Bonchev–Trinajstić information content (AvgIpc) is 2.74. The van der Waals surface area contributed by atoms with Crippen molar-refractivity contribution in [3.8, 4) is 0 Å². The summed E-state index contributed by atoms with van der Waals surface area (Å²) in [5.74, 6) is 0.396. The first-order chi connectivity index (χ1) is 8.50. The van der Waals surface area contributed by atoms with Gasteiger partial charge in [-0.2, -0.15) is 0 Å². The highest BCUT2D eigenvalue weighted by Gasteiger charge is 2.29. The minimum atomic E-state index is -0.383. The monoisotopic (exact) mass is 249 g/mol. The molecule has 0 bridgehead atoms. The first kappa shape index (κ1) is 12.8. The molecule has 0 saturated heterocycles. The third-order valence-corrected chi connectivity index (χ3v) is 3.70. The molecule has 5 heteroatoms. The molecule has 1 aliphatic rings. The lowest BCUT2D eigenvalue weighted by atomic mass is 9.89. The van der Waals surface area contributed by atoms with Gasteiger partial charge < -0.3 is 5.32 Å². The van der Waals surface area contributed by atoms with Crippen LogP contribution in [0.4, 0.5) is 11.5 Å². The van der Waals surface area contributed by atoms with Crippen molar-refractivity contribution >= 4 is 11.5 Å². The van der Waals surface area contributed by atoms with E-state index in [0.717, 1.165) is 12.2 Å². The topological polar surface area (TPSA) is 68.1 Å². The Bertz CT molecular complexity index is 454. The Kier molecular flexibility index (Phi) is 3.50. The van der Waals surface area contributed by atoms with Crippen molar-refractivity contribution in [3.05, 3.63) is 27.9 Å². The Morgan fingerprint density at radius 2 is 2.11 bits per heavy atom. The highest BCUT2D eigenvalue weighted by atomic mass is 16.6. The first-order valence-electron chi connectivity index (χ1n) is 6.36. The van der Waals surface area contributed by atoms with Crippen molar-refractivity contribution in [1.82, 2.24) is 4.98 Å². The number of hydrogen-bond acceptors (Lipinski definition) is 4. The van der Waals surface area contributed by atoms with E-state index in [-0.39, 0.29) is 16.0 Å². The fourth-order valence-corrected chi connectivity index (χ4v) is 2.53. The van der Waals surface area contributed by atoms with Gasteiger partial charge in [0.25, 0.3) is 0 Å². The maximum atomic E-state index is 10.9. The Morgan fingerprint density at radius 1 is 1.44 bits per heavy atom. The lowest BCUT2D eigenvalue weighted by Gasteiger charge is -2.23. The second kappa shape index (κ2) is 4.92. The van der Waals surface area contributed by atoms with Crippen LogP contribution in [0.3, 0.4) is 0 Å². The molecular weight excluding hydrogens is 230 g/mol. The van der Waals surface area contributed by atoms with Gasteiger partial charge in [0.2, 0.25) is 5.82 Å².